The van der Waals surface area contributed by atoms with E-state index in [-0.39, 0.29) is 11.8 Å². The minimum absolute atomic E-state index is 0.0719. The lowest BCUT2D eigenvalue weighted by Crippen LogP contribution is -2.39. The average molecular weight is 353 g/mol. The SMILES string of the molecule is Cc1ccc(C(=O)N2CCCC(c3nc(-c4cccs4)no3)C2)cc1. The molecule has 3 aromatic rings. The van der Waals surface area contributed by atoms with Crippen LogP contribution in [0.25, 0.3) is 10.7 Å². The predicted molar refractivity (Wildman–Crippen MR) is 96.7 cm³/mol. The van der Waals surface area contributed by atoms with Crippen molar-refractivity contribution in [3.8, 4) is 10.7 Å². The van der Waals surface area contributed by atoms with Crippen molar-refractivity contribution in [3.63, 3.8) is 0 Å². The number of nitrogens with zero attached hydrogens (tertiary/aromatic N) is 3. The molecular weight excluding hydrogens is 334 g/mol. The second-order valence-electron chi connectivity index (χ2n) is 6.39. The number of rotatable bonds is 3. The maximum atomic E-state index is 12.7. The van der Waals surface area contributed by atoms with Crippen molar-refractivity contribution < 1.29 is 9.32 Å². The van der Waals surface area contributed by atoms with Crippen LogP contribution in [-0.2, 0) is 0 Å². The fraction of sp³-hybridized carbons (Fsp3) is 0.316. The van der Waals surface area contributed by atoms with E-state index in [0.29, 0.717) is 18.3 Å². The molecule has 1 amide bonds. The van der Waals surface area contributed by atoms with Gasteiger partial charge < -0.3 is 9.42 Å². The molecule has 3 heterocycles. The van der Waals surface area contributed by atoms with E-state index in [1.54, 1.807) is 11.3 Å². The van der Waals surface area contributed by atoms with E-state index in [2.05, 4.69) is 10.1 Å². The summed E-state index contributed by atoms with van der Waals surface area (Å²) in [5, 5.41) is 6.09. The molecule has 5 nitrogen and oxygen atoms in total. The first-order valence-corrected chi connectivity index (χ1v) is 9.32. The first-order valence-electron chi connectivity index (χ1n) is 8.44. The molecule has 25 heavy (non-hydrogen) atoms. The lowest BCUT2D eigenvalue weighted by molar-refractivity contribution is 0.0695. The smallest absolute Gasteiger partial charge is 0.253 e. The van der Waals surface area contributed by atoms with Gasteiger partial charge in [-0.1, -0.05) is 28.9 Å². The van der Waals surface area contributed by atoms with Crippen molar-refractivity contribution in [3.05, 3.63) is 58.8 Å². The summed E-state index contributed by atoms with van der Waals surface area (Å²) in [6, 6.07) is 11.7. The van der Waals surface area contributed by atoms with Gasteiger partial charge in [-0.3, -0.25) is 4.79 Å². The van der Waals surface area contributed by atoms with E-state index in [1.165, 1.54) is 0 Å². The van der Waals surface area contributed by atoms with E-state index >= 15 is 0 Å². The van der Waals surface area contributed by atoms with Crippen LogP contribution in [0.3, 0.4) is 0 Å². The third-order valence-corrected chi connectivity index (χ3v) is 5.41. The molecule has 1 fully saturated rings. The first kappa shape index (κ1) is 16.0. The highest BCUT2D eigenvalue weighted by molar-refractivity contribution is 7.13. The van der Waals surface area contributed by atoms with E-state index < -0.39 is 0 Å². The molecule has 0 spiro atoms. The maximum absolute atomic E-state index is 12.7. The van der Waals surface area contributed by atoms with Crippen molar-refractivity contribution in [2.24, 2.45) is 0 Å². The van der Waals surface area contributed by atoms with Gasteiger partial charge in [0.05, 0.1) is 10.8 Å². The van der Waals surface area contributed by atoms with Gasteiger partial charge in [-0.15, -0.1) is 11.3 Å². The van der Waals surface area contributed by atoms with Crippen molar-refractivity contribution >= 4 is 17.2 Å². The van der Waals surface area contributed by atoms with Gasteiger partial charge in [-0.25, -0.2) is 0 Å². The Bertz CT molecular complexity index is 855. The zero-order chi connectivity index (χ0) is 17.2. The summed E-state index contributed by atoms with van der Waals surface area (Å²) >= 11 is 1.59. The molecule has 0 N–H and O–H groups in total. The van der Waals surface area contributed by atoms with Crippen molar-refractivity contribution in [1.82, 2.24) is 15.0 Å². The second-order valence-corrected chi connectivity index (χ2v) is 7.34. The van der Waals surface area contributed by atoms with Crippen molar-refractivity contribution in [2.75, 3.05) is 13.1 Å². The van der Waals surface area contributed by atoms with Crippen LogP contribution in [0.2, 0.25) is 0 Å². The largest absolute Gasteiger partial charge is 0.339 e. The summed E-state index contributed by atoms with van der Waals surface area (Å²) in [5.41, 5.74) is 1.89. The maximum Gasteiger partial charge on any atom is 0.253 e. The fourth-order valence-corrected chi connectivity index (χ4v) is 3.80. The molecule has 6 heteroatoms. The lowest BCUT2D eigenvalue weighted by Gasteiger charge is -2.31. The number of hydrogen-bond acceptors (Lipinski definition) is 5. The number of piperidine rings is 1. The molecule has 0 aliphatic carbocycles. The van der Waals surface area contributed by atoms with Crippen LogP contribution in [-0.4, -0.2) is 34.0 Å². The molecule has 0 radical (unpaired) electrons. The quantitative estimate of drug-likeness (QED) is 0.710. The predicted octanol–water partition coefficient (Wildman–Crippen LogP) is 4.13. The van der Waals surface area contributed by atoms with Crippen LogP contribution in [0.15, 0.2) is 46.3 Å². The molecule has 2 aromatic heterocycles. The zero-order valence-corrected chi connectivity index (χ0v) is 14.8. The number of carbonyl (C=O) groups is 1. The van der Waals surface area contributed by atoms with Gasteiger partial charge in [0.25, 0.3) is 5.91 Å². The van der Waals surface area contributed by atoms with Crippen LogP contribution in [0.1, 0.15) is 40.6 Å². The number of amides is 1. The molecule has 1 aliphatic heterocycles. The average Bonchev–Trinajstić information content (AvgIpc) is 3.33. The van der Waals surface area contributed by atoms with Crippen molar-refractivity contribution in [1.29, 1.82) is 0 Å². The summed E-state index contributed by atoms with van der Waals surface area (Å²) in [7, 11) is 0. The Morgan fingerprint density at radius 3 is 2.88 bits per heavy atom. The summed E-state index contributed by atoms with van der Waals surface area (Å²) in [5.74, 6) is 1.43. The molecule has 1 saturated heterocycles. The van der Waals surface area contributed by atoms with E-state index in [4.69, 9.17) is 4.52 Å². The summed E-state index contributed by atoms with van der Waals surface area (Å²) < 4.78 is 5.49. The fourth-order valence-electron chi connectivity index (χ4n) is 3.15. The van der Waals surface area contributed by atoms with Crippen LogP contribution >= 0.6 is 11.3 Å². The van der Waals surface area contributed by atoms with Crippen LogP contribution in [0.4, 0.5) is 0 Å². The molecule has 4 rings (SSSR count). The van der Waals surface area contributed by atoms with Gasteiger partial charge in [0.2, 0.25) is 11.7 Å². The number of carbonyl (C=O) groups excluding carboxylic acids is 1. The minimum atomic E-state index is 0.0719. The Hall–Kier alpha value is -2.47. The summed E-state index contributed by atoms with van der Waals surface area (Å²) in [6.07, 6.45) is 1.91. The van der Waals surface area contributed by atoms with Gasteiger partial charge in [0, 0.05) is 18.7 Å². The standard InChI is InChI=1S/C19H19N3O2S/c1-13-6-8-14(9-7-13)19(23)22-10-2-4-15(12-22)18-20-17(21-24-18)16-5-3-11-25-16/h3,5-9,11,15H,2,4,10,12H2,1H3. The first-order chi connectivity index (χ1) is 12.2. The van der Waals surface area contributed by atoms with Crippen molar-refractivity contribution in [2.45, 2.75) is 25.7 Å². The van der Waals surface area contributed by atoms with Gasteiger partial charge >= 0.3 is 0 Å². The van der Waals surface area contributed by atoms with E-state index in [0.717, 1.165) is 35.4 Å². The highest BCUT2D eigenvalue weighted by Gasteiger charge is 2.29. The highest BCUT2D eigenvalue weighted by Crippen LogP contribution is 2.29. The van der Waals surface area contributed by atoms with Crippen LogP contribution < -0.4 is 0 Å². The zero-order valence-electron chi connectivity index (χ0n) is 14.0. The molecule has 1 aromatic carbocycles. The van der Waals surface area contributed by atoms with Crippen LogP contribution in [0.5, 0.6) is 0 Å². The van der Waals surface area contributed by atoms with Gasteiger partial charge in [0.1, 0.15) is 0 Å². The third kappa shape index (κ3) is 3.35. The number of thiophene rings is 1. The number of benzene rings is 1. The topological polar surface area (TPSA) is 59.2 Å². The molecule has 1 atom stereocenters. The monoisotopic (exact) mass is 353 g/mol. The molecule has 1 aliphatic rings. The summed E-state index contributed by atoms with van der Waals surface area (Å²) in [6.45, 7) is 3.42. The number of aryl methyl sites for hydroxylation is 1. The Kier molecular flexibility index (Phi) is 4.36. The summed E-state index contributed by atoms with van der Waals surface area (Å²) in [4.78, 5) is 20.2. The Labute approximate surface area is 150 Å². The Morgan fingerprint density at radius 1 is 1.28 bits per heavy atom. The van der Waals surface area contributed by atoms with Crippen LogP contribution in [0, 0.1) is 6.92 Å². The Balaban J connectivity index is 1.49. The molecule has 0 saturated carbocycles. The number of hydrogen-bond donors (Lipinski definition) is 0. The normalized spacial score (nSPS) is 17.6. The highest BCUT2D eigenvalue weighted by atomic mass is 32.1. The number of aromatic nitrogens is 2. The molecule has 0 bridgehead atoms. The molecular formula is C19H19N3O2S. The second kappa shape index (κ2) is 6.80. The number of likely N-dealkylation sites (tertiary alicyclic amines) is 1. The third-order valence-electron chi connectivity index (χ3n) is 4.54. The van der Waals surface area contributed by atoms with E-state index in [9.17, 15) is 4.79 Å². The molecule has 1 unspecified atom stereocenters. The Morgan fingerprint density at radius 2 is 2.12 bits per heavy atom. The van der Waals surface area contributed by atoms with Gasteiger partial charge in [0.15, 0.2) is 0 Å². The van der Waals surface area contributed by atoms with Gasteiger partial charge in [-0.2, -0.15) is 4.98 Å². The lowest BCUT2D eigenvalue weighted by atomic mass is 9.97. The van der Waals surface area contributed by atoms with Gasteiger partial charge in [-0.05, 0) is 43.3 Å². The minimum Gasteiger partial charge on any atom is -0.339 e. The van der Waals surface area contributed by atoms with E-state index in [1.807, 2.05) is 53.6 Å². The molecule has 128 valence electrons.